The fraction of sp³-hybridized carbons (Fsp3) is 0.250. The maximum absolute atomic E-state index is 6.20. The molecule has 3 heterocycles. The Morgan fingerprint density at radius 1 is 1.16 bits per heavy atom. The summed E-state index contributed by atoms with van der Waals surface area (Å²) < 4.78 is 7.17. The van der Waals surface area contributed by atoms with Gasteiger partial charge < -0.3 is 21.2 Å². The van der Waals surface area contributed by atoms with E-state index in [4.69, 9.17) is 21.0 Å². The molecule has 5 N–H and O–H groups in total. The maximum Gasteiger partial charge on any atom is 0.292 e. The number of nitrogen functional groups attached to an aromatic ring is 2. The molecule has 9 nitrogen and oxygen atoms in total. The molecule has 0 fully saturated rings. The van der Waals surface area contributed by atoms with Crippen molar-refractivity contribution in [2.45, 2.75) is 19.9 Å². The zero-order chi connectivity index (χ0) is 17.7. The molecule has 0 saturated heterocycles. The highest BCUT2D eigenvalue weighted by molar-refractivity contribution is 6.00. The predicted octanol–water partition coefficient (Wildman–Crippen LogP) is 2.42. The first-order valence-electron chi connectivity index (χ1n) is 7.88. The summed E-state index contributed by atoms with van der Waals surface area (Å²) in [5.74, 6) is 0.828. The average Bonchev–Trinajstić information content (AvgIpc) is 3.13. The lowest BCUT2D eigenvalue weighted by atomic mass is 10.1. The third kappa shape index (κ3) is 2.32. The molecule has 4 rings (SSSR count). The summed E-state index contributed by atoms with van der Waals surface area (Å²) in [5.41, 5.74) is 15.3. The van der Waals surface area contributed by atoms with Crippen LogP contribution in [0.4, 0.5) is 17.8 Å². The minimum absolute atomic E-state index is 0.113. The van der Waals surface area contributed by atoms with Crippen molar-refractivity contribution in [2.24, 2.45) is 0 Å². The van der Waals surface area contributed by atoms with Crippen LogP contribution in [0.5, 0.6) is 0 Å². The van der Waals surface area contributed by atoms with Crippen LogP contribution in [-0.4, -0.2) is 31.8 Å². The van der Waals surface area contributed by atoms with E-state index < -0.39 is 0 Å². The van der Waals surface area contributed by atoms with Gasteiger partial charge in [0.1, 0.15) is 17.0 Å². The van der Waals surface area contributed by atoms with Gasteiger partial charge in [-0.3, -0.25) is 0 Å². The van der Waals surface area contributed by atoms with Gasteiger partial charge in [-0.25, -0.2) is 4.68 Å². The molecule has 0 aliphatic heterocycles. The van der Waals surface area contributed by atoms with Crippen molar-refractivity contribution >= 4 is 39.9 Å². The molecule has 0 saturated carbocycles. The van der Waals surface area contributed by atoms with Gasteiger partial charge in [-0.15, -0.1) is 0 Å². The van der Waals surface area contributed by atoms with Crippen molar-refractivity contribution in [3.05, 3.63) is 18.2 Å². The van der Waals surface area contributed by atoms with Crippen LogP contribution in [0.3, 0.4) is 0 Å². The monoisotopic (exact) mass is 338 g/mol. The molecular weight excluding hydrogens is 320 g/mol. The molecule has 0 radical (unpaired) electrons. The van der Waals surface area contributed by atoms with E-state index in [1.807, 2.05) is 36.7 Å². The van der Waals surface area contributed by atoms with Crippen LogP contribution in [0.1, 0.15) is 19.9 Å². The van der Waals surface area contributed by atoms with E-state index in [2.05, 4.69) is 20.3 Å². The standard InChI is InChI=1S/C16H18N8O/c1-7(2)24-14-11(13(17)21-16(19-3)22-14)12(23-24)8-4-5-10-9(6-8)20-15(18)25-10/h4-7H,1-3H3,(H2,18,20)(H3,17,19,21,22). The number of nitrogens with zero attached hydrogens (tertiary/aromatic N) is 5. The largest absolute Gasteiger partial charge is 0.424 e. The number of aromatic nitrogens is 5. The Balaban J connectivity index is 2.02. The maximum atomic E-state index is 6.20. The smallest absolute Gasteiger partial charge is 0.292 e. The fourth-order valence-corrected chi connectivity index (χ4v) is 2.83. The van der Waals surface area contributed by atoms with E-state index in [9.17, 15) is 0 Å². The van der Waals surface area contributed by atoms with Gasteiger partial charge >= 0.3 is 0 Å². The first-order chi connectivity index (χ1) is 12.0. The van der Waals surface area contributed by atoms with E-state index >= 15 is 0 Å². The quantitative estimate of drug-likeness (QED) is 0.518. The molecule has 0 aliphatic carbocycles. The lowest BCUT2D eigenvalue weighted by Gasteiger charge is -2.07. The first kappa shape index (κ1) is 15.2. The van der Waals surface area contributed by atoms with Gasteiger partial charge in [0.15, 0.2) is 11.2 Å². The minimum atomic E-state index is 0.113. The number of benzene rings is 1. The molecule has 0 spiro atoms. The van der Waals surface area contributed by atoms with Crippen LogP contribution >= 0.6 is 0 Å². The van der Waals surface area contributed by atoms with Gasteiger partial charge in [-0.2, -0.15) is 20.1 Å². The van der Waals surface area contributed by atoms with Crippen molar-refractivity contribution < 1.29 is 4.42 Å². The molecule has 1 aromatic carbocycles. The number of fused-ring (bicyclic) bond motifs is 2. The summed E-state index contributed by atoms with van der Waals surface area (Å²) in [7, 11) is 1.75. The summed E-state index contributed by atoms with van der Waals surface area (Å²) in [5, 5.41) is 8.36. The molecule has 0 atom stereocenters. The summed E-state index contributed by atoms with van der Waals surface area (Å²) in [6.45, 7) is 4.07. The predicted molar refractivity (Wildman–Crippen MR) is 97.1 cm³/mol. The van der Waals surface area contributed by atoms with Crippen molar-refractivity contribution in [2.75, 3.05) is 23.8 Å². The van der Waals surface area contributed by atoms with Gasteiger partial charge in [0, 0.05) is 18.7 Å². The average molecular weight is 338 g/mol. The van der Waals surface area contributed by atoms with E-state index in [1.165, 1.54) is 0 Å². The highest BCUT2D eigenvalue weighted by atomic mass is 16.4. The Bertz CT molecular complexity index is 1090. The van der Waals surface area contributed by atoms with Gasteiger partial charge in [0.2, 0.25) is 5.95 Å². The van der Waals surface area contributed by atoms with E-state index in [-0.39, 0.29) is 12.1 Å². The SMILES string of the molecule is CNc1nc(N)c2c(-c3ccc4oc(N)nc4c3)nn(C(C)C)c2n1. The molecule has 0 bridgehead atoms. The number of rotatable bonds is 3. The van der Waals surface area contributed by atoms with Gasteiger partial charge in [-0.1, -0.05) is 0 Å². The van der Waals surface area contributed by atoms with Gasteiger partial charge in [-0.05, 0) is 32.0 Å². The van der Waals surface area contributed by atoms with Gasteiger partial charge in [0.25, 0.3) is 6.01 Å². The molecule has 128 valence electrons. The van der Waals surface area contributed by atoms with Gasteiger partial charge in [0.05, 0.1) is 5.39 Å². The number of hydrogen-bond acceptors (Lipinski definition) is 8. The van der Waals surface area contributed by atoms with Crippen molar-refractivity contribution in [3.8, 4) is 11.3 Å². The number of oxazole rings is 1. The Labute approximate surface area is 143 Å². The lowest BCUT2D eigenvalue weighted by Crippen LogP contribution is -2.06. The van der Waals surface area contributed by atoms with Crippen LogP contribution in [0.15, 0.2) is 22.6 Å². The van der Waals surface area contributed by atoms with E-state index in [0.29, 0.717) is 39.6 Å². The van der Waals surface area contributed by atoms with Crippen LogP contribution in [-0.2, 0) is 0 Å². The molecule has 25 heavy (non-hydrogen) atoms. The van der Waals surface area contributed by atoms with Crippen molar-refractivity contribution in [1.29, 1.82) is 0 Å². The number of anilines is 3. The zero-order valence-electron chi connectivity index (χ0n) is 14.1. The number of nitrogens with one attached hydrogen (secondary N) is 1. The summed E-state index contributed by atoms with van der Waals surface area (Å²) in [4.78, 5) is 13.0. The van der Waals surface area contributed by atoms with E-state index in [0.717, 1.165) is 5.56 Å². The number of hydrogen-bond donors (Lipinski definition) is 3. The molecule has 0 aliphatic rings. The summed E-state index contributed by atoms with van der Waals surface area (Å²) in [6.07, 6.45) is 0. The second kappa shape index (κ2) is 5.33. The normalized spacial score (nSPS) is 11.7. The first-order valence-corrected chi connectivity index (χ1v) is 7.88. The lowest BCUT2D eigenvalue weighted by molar-refractivity contribution is 0.548. The summed E-state index contributed by atoms with van der Waals surface area (Å²) in [6, 6.07) is 5.82. The minimum Gasteiger partial charge on any atom is -0.424 e. The second-order valence-corrected chi connectivity index (χ2v) is 6.00. The van der Waals surface area contributed by atoms with Crippen LogP contribution in [0, 0.1) is 0 Å². The highest BCUT2D eigenvalue weighted by Gasteiger charge is 2.20. The Morgan fingerprint density at radius 3 is 2.68 bits per heavy atom. The summed E-state index contributed by atoms with van der Waals surface area (Å²) >= 11 is 0. The Hall–Kier alpha value is -3.36. The molecular formula is C16H18N8O. The second-order valence-electron chi connectivity index (χ2n) is 6.00. The van der Waals surface area contributed by atoms with Crippen molar-refractivity contribution in [1.82, 2.24) is 24.7 Å². The third-order valence-corrected chi connectivity index (χ3v) is 3.97. The van der Waals surface area contributed by atoms with Crippen LogP contribution < -0.4 is 16.8 Å². The molecule has 3 aromatic heterocycles. The molecule has 4 aromatic rings. The fourth-order valence-electron chi connectivity index (χ4n) is 2.83. The third-order valence-electron chi connectivity index (χ3n) is 3.97. The zero-order valence-corrected chi connectivity index (χ0v) is 14.1. The van der Waals surface area contributed by atoms with E-state index in [1.54, 1.807) is 7.05 Å². The number of nitrogens with two attached hydrogens (primary N) is 2. The molecule has 0 unspecified atom stereocenters. The van der Waals surface area contributed by atoms with Crippen LogP contribution in [0.25, 0.3) is 33.4 Å². The highest BCUT2D eigenvalue weighted by Crippen LogP contribution is 2.34. The Kier molecular flexibility index (Phi) is 3.24. The van der Waals surface area contributed by atoms with Crippen LogP contribution in [0.2, 0.25) is 0 Å². The molecule has 0 amide bonds. The Morgan fingerprint density at radius 2 is 1.96 bits per heavy atom. The molecule has 9 heteroatoms. The van der Waals surface area contributed by atoms with Crippen molar-refractivity contribution in [3.63, 3.8) is 0 Å². The topological polar surface area (TPSA) is 134 Å².